The number of hydrogen-bond donors (Lipinski definition) is 4. The van der Waals surface area contributed by atoms with Gasteiger partial charge in [-0.2, -0.15) is 0 Å². The lowest BCUT2D eigenvalue weighted by Gasteiger charge is -2.18. The van der Waals surface area contributed by atoms with Crippen molar-refractivity contribution in [1.29, 1.82) is 0 Å². The summed E-state index contributed by atoms with van der Waals surface area (Å²) in [4.78, 5) is 44.1. The van der Waals surface area contributed by atoms with Gasteiger partial charge in [0.1, 0.15) is 0 Å². The van der Waals surface area contributed by atoms with Gasteiger partial charge in [0, 0.05) is 30.7 Å². The summed E-state index contributed by atoms with van der Waals surface area (Å²) >= 11 is 0. The zero-order chi connectivity index (χ0) is 18.5. The van der Waals surface area contributed by atoms with Gasteiger partial charge in [0.15, 0.2) is 0 Å². The highest BCUT2D eigenvalue weighted by Crippen LogP contribution is 1.95. The molecule has 0 atom stereocenters. The van der Waals surface area contributed by atoms with Crippen LogP contribution < -0.4 is 11.1 Å². The summed E-state index contributed by atoms with van der Waals surface area (Å²) in [7, 11) is 0. The van der Waals surface area contributed by atoms with Crippen LogP contribution in [-0.4, -0.2) is 51.8 Å². The zero-order valence-electron chi connectivity index (χ0n) is 12.9. The van der Waals surface area contributed by atoms with Gasteiger partial charge in [-0.15, -0.1) is 10.1 Å². The second kappa shape index (κ2) is 11.9. The number of carbonyl (C=O) groups is 3. The van der Waals surface area contributed by atoms with Crippen molar-refractivity contribution in [3.05, 3.63) is 22.3 Å². The molecule has 0 unspecified atom stereocenters. The van der Waals surface area contributed by atoms with Gasteiger partial charge in [-0.25, -0.2) is 9.59 Å². The lowest BCUT2D eigenvalue weighted by molar-refractivity contribution is -0.757. The van der Waals surface area contributed by atoms with E-state index in [1.165, 1.54) is 0 Å². The Labute approximate surface area is 132 Å². The summed E-state index contributed by atoms with van der Waals surface area (Å²) in [6.45, 7) is 3.90. The predicted octanol–water partition coefficient (Wildman–Crippen LogP) is -0.460. The van der Waals surface area contributed by atoms with Crippen molar-refractivity contribution >= 4 is 17.8 Å². The molecule has 0 aliphatic heterocycles. The van der Waals surface area contributed by atoms with Gasteiger partial charge in [-0.05, 0) is 20.3 Å². The first-order valence-corrected chi connectivity index (χ1v) is 6.41. The summed E-state index contributed by atoms with van der Waals surface area (Å²) in [5.41, 5.74) is 5.20. The van der Waals surface area contributed by atoms with E-state index in [0.29, 0.717) is 25.1 Å². The third-order valence-corrected chi connectivity index (χ3v) is 1.85. The SMILES string of the molecule is CC(C)(N)CNC(=O)CCCO[N+](=O)[O-].O=C(O)C=CC(=O)O. The number of aliphatic carboxylic acids is 2. The van der Waals surface area contributed by atoms with Crippen molar-refractivity contribution in [3.63, 3.8) is 0 Å². The predicted molar refractivity (Wildman–Crippen MR) is 77.9 cm³/mol. The Bertz CT molecular complexity index is 426. The fraction of sp³-hybridized carbons (Fsp3) is 0.583. The van der Waals surface area contributed by atoms with Gasteiger partial charge in [0.2, 0.25) is 5.91 Å². The van der Waals surface area contributed by atoms with Gasteiger partial charge < -0.3 is 26.1 Å². The van der Waals surface area contributed by atoms with Crippen molar-refractivity contribution < 1.29 is 34.5 Å². The van der Waals surface area contributed by atoms with Crippen LogP contribution >= 0.6 is 0 Å². The molecule has 0 heterocycles. The van der Waals surface area contributed by atoms with Crippen molar-refractivity contribution in [3.8, 4) is 0 Å². The molecule has 132 valence electrons. The number of carboxylic acid groups (broad SMARTS) is 2. The van der Waals surface area contributed by atoms with E-state index in [1.807, 2.05) is 0 Å². The standard InChI is InChI=1S/C8H17N3O4.C4H4O4/c1-8(2,9)6-10-7(12)4-3-5-15-11(13)14;5-3(6)1-2-4(7)8/h3-6,9H2,1-2H3,(H,10,12);1-2H,(H,5,6)(H,7,8). The van der Waals surface area contributed by atoms with Crippen LogP contribution in [0.3, 0.4) is 0 Å². The van der Waals surface area contributed by atoms with E-state index in [0.717, 1.165) is 0 Å². The van der Waals surface area contributed by atoms with Crippen LogP contribution in [0.1, 0.15) is 26.7 Å². The number of nitrogens with zero attached hydrogens (tertiary/aromatic N) is 1. The minimum absolute atomic E-state index is 0.0631. The van der Waals surface area contributed by atoms with Gasteiger partial charge >= 0.3 is 11.9 Å². The van der Waals surface area contributed by atoms with Crippen molar-refractivity contribution in [2.75, 3.05) is 13.2 Å². The van der Waals surface area contributed by atoms with Crippen LogP contribution in [0.2, 0.25) is 0 Å². The third kappa shape index (κ3) is 24.7. The maximum atomic E-state index is 11.1. The first-order chi connectivity index (χ1) is 10.4. The molecule has 0 aromatic rings. The highest BCUT2D eigenvalue weighted by Gasteiger charge is 2.11. The van der Waals surface area contributed by atoms with E-state index in [9.17, 15) is 24.5 Å². The first kappa shape index (κ1) is 22.6. The highest BCUT2D eigenvalue weighted by molar-refractivity contribution is 5.89. The van der Waals surface area contributed by atoms with Crippen LogP contribution in [0.15, 0.2) is 12.2 Å². The van der Waals surface area contributed by atoms with Crippen LogP contribution in [0, 0.1) is 10.1 Å². The van der Waals surface area contributed by atoms with Crippen LogP contribution in [0.4, 0.5) is 0 Å². The maximum Gasteiger partial charge on any atom is 0.328 e. The Kier molecular flexibility index (Phi) is 11.7. The van der Waals surface area contributed by atoms with Crippen molar-refractivity contribution in [2.24, 2.45) is 5.73 Å². The Balaban J connectivity index is 0. The monoisotopic (exact) mass is 335 g/mol. The maximum absolute atomic E-state index is 11.1. The second-order valence-corrected chi connectivity index (χ2v) is 4.94. The van der Waals surface area contributed by atoms with E-state index in [4.69, 9.17) is 15.9 Å². The van der Waals surface area contributed by atoms with Crippen LogP contribution in [0.25, 0.3) is 0 Å². The average Bonchev–Trinajstić information content (AvgIpc) is 2.39. The number of carbonyl (C=O) groups excluding carboxylic acids is 1. The van der Waals surface area contributed by atoms with E-state index in [1.54, 1.807) is 13.8 Å². The molecule has 1 amide bonds. The minimum atomic E-state index is -1.26. The number of carboxylic acids is 2. The minimum Gasteiger partial charge on any atom is -0.478 e. The Morgan fingerprint density at radius 1 is 1.26 bits per heavy atom. The molecule has 0 rings (SSSR count). The third-order valence-electron chi connectivity index (χ3n) is 1.85. The summed E-state index contributed by atoms with van der Waals surface area (Å²) in [6, 6.07) is 0. The number of hydrogen-bond acceptors (Lipinski definition) is 7. The van der Waals surface area contributed by atoms with Gasteiger partial charge in [0.05, 0.1) is 6.61 Å². The van der Waals surface area contributed by atoms with Gasteiger partial charge in [-0.3, -0.25) is 4.79 Å². The highest BCUT2D eigenvalue weighted by atomic mass is 16.9. The molecule has 0 radical (unpaired) electrons. The molecule has 0 saturated carbocycles. The second-order valence-electron chi connectivity index (χ2n) is 4.94. The molecule has 5 N–H and O–H groups in total. The van der Waals surface area contributed by atoms with E-state index in [2.05, 4.69) is 10.2 Å². The molecular weight excluding hydrogens is 314 g/mol. The van der Waals surface area contributed by atoms with E-state index >= 15 is 0 Å². The fourth-order valence-corrected chi connectivity index (χ4v) is 0.929. The number of rotatable bonds is 9. The lowest BCUT2D eigenvalue weighted by atomic mass is 10.1. The Morgan fingerprint density at radius 3 is 2.09 bits per heavy atom. The summed E-state index contributed by atoms with van der Waals surface area (Å²) in [6.07, 6.45) is 1.63. The van der Waals surface area contributed by atoms with Crippen LogP contribution in [0.5, 0.6) is 0 Å². The molecular formula is C12H21N3O8. The fourth-order valence-electron chi connectivity index (χ4n) is 0.929. The van der Waals surface area contributed by atoms with E-state index in [-0.39, 0.29) is 18.9 Å². The number of nitrogens with two attached hydrogens (primary N) is 1. The average molecular weight is 335 g/mol. The lowest BCUT2D eigenvalue weighted by Crippen LogP contribution is -2.45. The molecule has 0 aromatic heterocycles. The zero-order valence-corrected chi connectivity index (χ0v) is 12.9. The molecule has 0 aliphatic carbocycles. The summed E-state index contributed by atoms with van der Waals surface area (Å²) in [5, 5.41) is 27.1. The van der Waals surface area contributed by atoms with Gasteiger partial charge in [-0.1, -0.05) is 0 Å². The molecule has 0 aromatic carbocycles. The molecule has 0 fully saturated rings. The number of amides is 1. The van der Waals surface area contributed by atoms with Crippen molar-refractivity contribution in [1.82, 2.24) is 5.32 Å². The summed E-state index contributed by atoms with van der Waals surface area (Å²) < 4.78 is 0. The normalized spacial score (nSPS) is 10.4. The molecule has 0 spiro atoms. The topological polar surface area (TPSA) is 182 Å². The molecule has 0 bridgehead atoms. The Hall–Kier alpha value is -2.69. The molecule has 11 nitrogen and oxygen atoms in total. The van der Waals surface area contributed by atoms with E-state index < -0.39 is 22.6 Å². The summed E-state index contributed by atoms with van der Waals surface area (Å²) in [5.74, 6) is -2.69. The Morgan fingerprint density at radius 2 is 1.74 bits per heavy atom. The molecule has 11 heteroatoms. The largest absolute Gasteiger partial charge is 0.478 e. The molecule has 0 aliphatic rings. The van der Waals surface area contributed by atoms with Crippen molar-refractivity contribution in [2.45, 2.75) is 32.2 Å². The van der Waals surface area contributed by atoms with Crippen LogP contribution in [-0.2, 0) is 19.2 Å². The number of nitrogens with one attached hydrogen (secondary N) is 1. The molecule has 0 saturated heterocycles. The smallest absolute Gasteiger partial charge is 0.328 e. The quantitative estimate of drug-likeness (QED) is 0.187. The molecule has 23 heavy (non-hydrogen) atoms. The first-order valence-electron chi connectivity index (χ1n) is 6.41. The van der Waals surface area contributed by atoms with Gasteiger partial charge in [0.25, 0.3) is 5.09 Å².